The Morgan fingerprint density at radius 2 is 1.52 bits per heavy atom. The summed E-state index contributed by atoms with van der Waals surface area (Å²) in [6.07, 6.45) is 1.95. The number of nitrogens with zero attached hydrogens (tertiary/aromatic N) is 1. The molecule has 0 aliphatic heterocycles. The summed E-state index contributed by atoms with van der Waals surface area (Å²) in [6.45, 7) is 2.61. The summed E-state index contributed by atoms with van der Waals surface area (Å²) in [5.41, 5.74) is 1.72. The van der Waals surface area contributed by atoms with Crippen molar-refractivity contribution in [3.05, 3.63) is 71.8 Å². The lowest BCUT2D eigenvalue weighted by atomic mass is 10.0. The molecule has 0 saturated heterocycles. The monoisotopic (exact) mass is 281 g/mol. The van der Waals surface area contributed by atoms with Crippen molar-refractivity contribution in [2.45, 2.75) is 19.8 Å². The number of unbranched alkanes of at least 4 members (excludes halogenated alkanes) is 1. The Morgan fingerprint density at radius 3 is 2.10 bits per heavy atom. The van der Waals surface area contributed by atoms with Gasteiger partial charge < -0.3 is 4.84 Å². The third-order valence-corrected chi connectivity index (χ3v) is 3.04. The van der Waals surface area contributed by atoms with Gasteiger partial charge in [-0.25, -0.2) is 0 Å². The van der Waals surface area contributed by atoms with E-state index >= 15 is 0 Å². The topological polar surface area (TPSA) is 38.7 Å². The standard InChI is InChI=1S/C18H19NO2/c1-2-3-14-21-19-17(15-10-6-4-7-11-15)18(20)16-12-8-5-9-13-16/h4-13H,2-3,14H2,1H3. The molecule has 3 heteroatoms. The van der Waals surface area contributed by atoms with E-state index < -0.39 is 0 Å². The molecule has 0 amide bonds. The summed E-state index contributed by atoms with van der Waals surface area (Å²) in [4.78, 5) is 17.9. The second-order valence-corrected chi connectivity index (χ2v) is 4.69. The van der Waals surface area contributed by atoms with Gasteiger partial charge in [-0.15, -0.1) is 0 Å². The molecule has 21 heavy (non-hydrogen) atoms. The molecule has 108 valence electrons. The number of carbonyl (C=O) groups excluding carboxylic acids is 1. The summed E-state index contributed by atoms with van der Waals surface area (Å²) in [5.74, 6) is -0.127. The molecule has 0 N–H and O–H groups in total. The predicted molar refractivity (Wildman–Crippen MR) is 84.6 cm³/mol. The average Bonchev–Trinajstić information content (AvgIpc) is 2.56. The largest absolute Gasteiger partial charge is 0.395 e. The molecule has 0 atom stereocenters. The molecule has 2 aromatic carbocycles. The van der Waals surface area contributed by atoms with E-state index in [-0.39, 0.29) is 5.78 Å². The van der Waals surface area contributed by atoms with Crippen LogP contribution in [0.25, 0.3) is 0 Å². The molecule has 0 radical (unpaired) electrons. The highest BCUT2D eigenvalue weighted by atomic mass is 16.6. The van der Waals surface area contributed by atoms with Crippen LogP contribution in [0.1, 0.15) is 35.7 Å². The molecule has 0 fully saturated rings. The van der Waals surface area contributed by atoms with E-state index in [1.54, 1.807) is 12.1 Å². The minimum atomic E-state index is -0.127. The van der Waals surface area contributed by atoms with Crippen LogP contribution in [0.5, 0.6) is 0 Å². The van der Waals surface area contributed by atoms with Gasteiger partial charge in [-0.3, -0.25) is 4.79 Å². The molecule has 0 saturated carbocycles. The van der Waals surface area contributed by atoms with Crippen LogP contribution in [0.15, 0.2) is 65.8 Å². The first kappa shape index (κ1) is 15.0. The van der Waals surface area contributed by atoms with Crippen molar-refractivity contribution < 1.29 is 9.63 Å². The molecule has 0 bridgehead atoms. The van der Waals surface area contributed by atoms with E-state index in [4.69, 9.17) is 4.84 Å². The Bertz CT molecular complexity index is 591. The Kier molecular flexibility index (Phi) is 5.71. The maximum absolute atomic E-state index is 12.6. The molecule has 0 unspecified atom stereocenters. The Hall–Kier alpha value is -2.42. The van der Waals surface area contributed by atoms with Gasteiger partial charge in [0, 0.05) is 11.1 Å². The van der Waals surface area contributed by atoms with Crippen molar-refractivity contribution in [1.29, 1.82) is 0 Å². The second-order valence-electron chi connectivity index (χ2n) is 4.69. The first-order valence-corrected chi connectivity index (χ1v) is 7.18. The molecule has 0 aromatic heterocycles. The summed E-state index contributed by atoms with van der Waals surface area (Å²) < 4.78 is 0. The SMILES string of the molecule is CCCCON=C(C(=O)c1ccccc1)c1ccccc1. The Labute approximate surface area is 125 Å². The highest BCUT2D eigenvalue weighted by Gasteiger charge is 2.16. The minimum absolute atomic E-state index is 0.127. The van der Waals surface area contributed by atoms with Crippen molar-refractivity contribution in [1.82, 2.24) is 0 Å². The maximum atomic E-state index is 12.6. The zero-order chi connectivity index (χ0) is 14.9. The third-order valence-electron chi connectivity index (χ3n) is 3.04. The van der Waals surface area contributed by atoms with Gasteiger partial charge >= 0.3 is 0 Å². The fourth-order valence-electron chi connectivity index (χ4n) is 1.87. The quantitative estimate of drug-likeness (QED) is 0.332. The van der Waals surface area contributed by atoms with Gasteiger partial charge in [-0.05, 0) is 6.42 Å². The average molecular weight is 281 g/mol. The fraction of sp³-hybridized carbons (Fsp3) is 0.222. The summed E-state index contributed by atoms with van der Waals surface area (Å²) in [6, 6.07) is 18.5. The number of hydrogen-bond acceptors (Lipinski definition) is 3. The number of rotatable bonds is 7. The lowest BCUT2D eigenvalue weighted by molar-refractivity contribution is 0.104. The van der Waals surface area contributed by atoms with Crippen LogP contribution in [0.2, 0.25) is 0 Å². The Balaban J connectivity index is 2.26. The van der Waals surface area contributed by atoms with Gasteiger partial charge in [0.05, 0.1) is 0 Å². The molecule has 3 nitrogen and oxygen atoms in total. The number of hydrogen-bond donors (Lipinski definition) is 0. The molecular formula is C18H19NO2. The maximum Gasteiger partial charge on any atom is 0.215 e. The first-order valence-electron chi connectivity index (χ1n) is 7.18. The molecule has 0 aliphatic carbocycles. The van der Waals surface area contributed by atoms with Crippen molar-refractivity contribution in [2.24, 2.45) is 5.16 Å². The van der Waals surface area contributed by atoms with Crippen LogP contribution < -0.4 is 0 Å². The third kappa shape index (κ3) is 4.28. The van der Waals surface area contributed by atoms with Crippen LogP contribution in [0.4, 0.5) is 0 Å². The Morgan fingerprint density at radius 1 is 0.952 bits per heavy atom. The molecular weight excluding hydrogens is 262 g/mol. The van der Waals surface area contributed by atoms with Gasteiger partial charge in [0.25, 0.3) is 0 Å². The second kappa shape index (κ2) is 8.00. The van der Waals surface area contributed by atoms with E-state index in [0.29, 0.717) is 17.9 Å². The lowest BCUT2D eigenvalue weighted by Crippen LogP contribution is -2.16. The number of carbonyl (C=O) groups is 1. The summed E-state index contributed by atoms with van der Waals surface area (Å²) in [7, 11) is 0. The zero-order valence-corrected chi connectivity index (χ0v) is 12.2. The fourth-order valence-corrected chi connectivity index (χ4v) is 1.87. The van der Waals surface area contributed by atoms with Crippen LogP contribution in [0.3, 0.4) is 0 Å². The normalized spacial score (nSPS) is 11.2. The molecule has 0 spiro atoms. The highest BCUT2D eigenvalue weighted by Crippen LogP contribution is 2.09. The van der Waals surface area contributed by atoms with Crippen LogP contribution in [-0.2, 0) is 4.84 Å². The van der Waals surface area contributed by atoms with Crippen molar-refractivity contribution in [3.63, 3.8) is 0 Å². The van der Waals surface area contributed by atoms with Gasteiger partial charge in [0.15, 0.2) is 5.71 Å². The summed E-state index contributed by atoms with van der Waals surface area (Å²) in [5, 5.41) is 4.07. The van der Waals surface area contributed by atoms with Gasteiger partial charge in [0.1, 0.15) is 6.61 Å². The lowest BCUT2D eigenvalue weighted by Gasteiger charge is -2.06. The van der Waals surface area contributed by atoms with Crippen molar-refractivity contribution >= 4 is 11.5 Å². The first-order chi connectivity index (χ1) is 10.3. The van der Waals surface area contributed by atoms with Gasteiger partial charge in [0.2, 0.25) is 5.78 Å². The van der Waals surface area contributed by atoms with Crippen LogP contribution in [0, 0.1) is 0 Å². The molecule has 2 aromatic rings. The zero-order valence-electron chi connectivity index (χ0n) is 12.2. The van der Waals surface area contributed by atoms with Crippen LogP contribution >= 0.6 is 0 Å². The van der Waals surface area contributed by atoms with E-state index in [1.165, 1.54) is 0 Å². The van der Waals surface area contributed by atoms with Crippen molar-refractivity contribution in [3.8, 4) is 0 Å². The van der Waals surface area contributed by atoms with Crippen molar-refractivity contribution in [2.75, 3.05) is 6.61 Å². The minimum Gasteiger partial charge on any atom is -0.395 e. The predicted octanol–water partition coefficient (Wildman–Crippen LogP) is 4.09. The smallest absolute Gasteiger partial charge is 0.215 e. The molecule has 0 heterocycles. The van der Waals surface area contributed by atoms with E-state index in [9.17, 15) is 4.79 Å². The summed E-state index contributed by atoms with van der Waals surface area (Å²) >= 11 is 0. The number of Topliss-reactive ketones (excluding diaryl/α,β-unsaturated/α-hetero) is 1. The highest BCUT2D eigenvalue weighted by molar-refractivity contribution is 6.51. The number of ketones is 1. The molecule has 2 rings (SSSR count). The number of oxime groups is 1. The van der Waals surface area contributed by atoms with E-state index in [2.05, 4.69) is 12.1 Å². The van der Waals surface area contributed by atoms with Gasteiger partial charge in [-0.1, -0.05) is 79.2 Å². The van der Waals surface area contributed by atoms with Gasteiger partial charge in [-0.2, -0.15) is 0 Å². The molecule has 0 aliphatic rings. The van der Waals surface area contributed by atoms with E-state index in [1.807, 2.05) is 48.5 Å². The van der Waals surface area contributed by atoms with Crippen LogP contribution in [-0.4, -0.2) is 18.1 Å². The van der Waals surface area contributed by atoms with E-state index in [0.717, 1.165) is 18.4 Å². The number of benzene rings is 2.